The maximum atomic E-state index is 11.7. The number of para-hydroxylation sites is 1. The molecular weight excluding hydrogens is 294 g/mol. The summed E-state index contributed by atoms with van der Waals surface area (Å²) in [6.45, 7) is 3.32. The van der Waals surface area contributed by atoms with Crippen molar-refractivity contribution in [1.82, 2.24) is 0 Å². The van der Waals surface area contributed by atoms with E-state index < -0.39 is 11.9 Å². The first-order chi connectivity index (χ1) is 11.0. The minimum atomic E-state index is -0.590. The van der Waals surface area contributed by atoms with Crippen molar-refractivity contribution < 1.29 is 19.1 Å². The van der Waals surface area contributed by atoms with Gasteiger partial charge in [0.15, 0.2) is 13.2 Å². The summed E-state index contributed by atoms with van der Waals surface area (Å²) in [5.41, 5.74) is 2.76. The number of aryl methyl sites for hydroxylation is 2. The molecule has 2 rings (SSSR count). The van der Waals surface area contributed by atoms with Crippen LogP contribution < -0.4 is 10.1 Å². The van der Waals surface area contributed by atoms with Gasteiger partial charge in [0.25, 0.3) is 5.91 Å². The molecule has 0 heterocycles. The van der Waals surface area contributed by atoms with E-state index in [0.717, 1.165) is 11.1 Å². The Labute approximate surface area is 135 Å². The van der Waals surface area contributed by atoms with E-state index in [1.54, 1.807) is 24.3 Å². The van der Waals surface area contributed by atoms with Crippen LogP contribution in [0.25, 0.3) is 0 Å². The van der Waals surface area contributed by atoms with Gasteiger partial charge >= 0.3 is 5.97 Å². The van der Waals surface area contributed by atoms with Gasteiger partial charge in [-0.25, -0.2) is 4.79 Å². The SMILES string of the molecule is Cc1cc(C)cc(OCC(=O)OCC(=O)Nc2ccccc2)c1. The van der Waals surface area contributed by atoms with E-state index in [4.69, 9.17) is 9.47 Å². The van der Waals surface area contributed by atoms with Crippen molar-refractivity contribution in [2.45, 2.75) is 13.8 Å². The molecule has 0 spiro atoms. The number of rotatable bonds is 6. The number of anilines is 1. The highest BCUT2D eigenvalue weighted by atomic mass is 16.6. The van der Waals surface area contributed by atoms with Crippen molar-refractivity contribution in [2.75, 3.05) is 18.5 Å². The molecule has 0 aliphatic heterocycles. The number of amides is 1. The van der Waals surface area contributed by atoms with Gasteiger partial charge in [0.1, 0.15) is 5.75 Å². The number of esters is 1. The lowest BCUT2D eigenvalue weighted by molar-refractivity contribution is -0.149. The highest BCUT2D eigenvalue weighted by molar-refractivity contribution is 5.92. The van der Waals surface area contributed by atoms with Gasteiger partial charge in [-0.15, -0.1) is 0 Å². The summed E-state index contributed by atoms with van der Waals surface area (Å²) in [5.74, 6) is -0.378. The number of hydrogen-bond donors (Lipinski definition) is 1. The Morgan fingerprint density at radius 2 is 1.61 bits per heavy atom. The van der Waals surface area contributed by atoms with Crippen LogP contribution in [-0.4, -0.2) is 25.1 Å². The Kier molecular flexibility index (Phi) is 5.74. The van der Waals surface area contributed by atoms with Gasteiger partial charge in [-0.1, -0.05) is 24.3 Å². The van der Waals surface area contributed by atoms with Crippen LogP contribution in [0.4, 0.5) is 5.69 Å². The first kappa shape index (κ1) is 16.5. The van der Waals surface area contributed by atoms with E-state index in [0.29, 0.717) is 11.4 Å². The van der Waals surface area contributed by atoms with Crippen molar-refractivity contribution in [3.8, 4) is 5.75 Å². The third kappa shape index (κ3) is 5.82. The summed E-state index contributed by atoms with van der Waals surface area (Å²) in [4.78, 5) is 23.3. The van der Waals surface area contributed by atoms with Crippen molar-refractivity contribution in [3.05, 3.63) is 59.7 Å². The first-order valence-corrected chi connectivity index (χ1v) is 7.24. The van der Waals surface area contributed by atoms with Crippen molar-refractivity contribution in [2.24, 2.45) is 0 Å². The summed E-state index contributed by atoms with van der Waals surface area (Å²) in [6.07, 6.45) is 0. The van der Waals surface area contributed by atoms with Crippen LogP contribution in [0, 0.1) is 13.8 Å². The Hall–Kier alpha value is -2.82. The van der Waals surface area contributed by atoms with Crippen molar-refractivity contribution in [3.63, 3.8) is 0 Å². The Balaban J connectivity index is 1.73. The first-order valence-electron chi connectivity index (χ1n) is 7.24. The maximum Gasteiger partial charge on any atom is 0.344 e. The van der Waals surface area contributed by atoms with E-state index in [1.807, 2.05) is 38.1 Å². The van der Waals surface area contributed by atoms with E-state index in [2.05, 4.69) is 5.32 Å². The minimum absolute atomic E-state index is 0.235. The zero-order valence-corrected chi connectivity index (χ0v) is 13.2. The maximum absolute atomic E-state index is 11.7. The van der Waals surface area contributed by atoms with Gasteiger partial charge in [-0.2, -0.15) is 0 Å². The molecule has 120 valence electrons. The van der Waals surface area contributed by atoms with Crippen LogP contribution in [0.15, 0.2) is 48.5 Å². The molecule has 23 heavy (non-hydrogen) atoms. The number of carbonyl (C=O) groups is 2. The van der Waals surface area contributed by atoms with Gasteiger partial charge in [0, 0.05) is 5.69 Å². The van der Waals surface area contributed by atoms with Gasteiger partial charge in [0.05, 0.1) is 0 Å². The molecule has 0 fully saturated rings. The zero-order chi connectivity index (χ0) is 16.7. The highest BCUT2D eigenvalue weighted by Crippen LogP contribution is 2.16. The lowest BCUT2D eigenvalue weighted by Crippen LogP contribution is -2.23. The van der Waals surface area contributed by atoms with Crippen LogP contribution in [-0.2, 0) is 14.3 Å². The lowest BCUT2D eigenvalue weighted by Gasteiger charge is -2.09. The third-order valence-electron chi connectivity index (χ3n) is 2.97. The van der Waals surface area contributed by atoms with Crippen molar-refractivity contribution >= 4 is 17.6 Å². The number of hydrogen-bond acceptors (Lipinski definition) is 4. The molecule has 2 aromatic rings. The number of benzene rings is 2. The topological polar surface area (TPSA) is 64.6 Å². The second kappa shape index (κ2) is 7.98. The molecule has 5 nitrogen and oxygen atoms in total. The van der Waals surface area contributed by atoms with Gasteiger partial charge < -0.3 is 14.8 Å². The molecule has 0 atom stereocenters. The summed E-state index contributed by atoms with van der Waals surface area (Å²) in [7, 11) is 0. The fourth-order valence-electron chi connectivity index (χ4n) is 2.06. The average molecular weight is 313 g/mol. The molecule has 0 saturated carbocycles. The summed E-state index contributed by atoms with van der Waals surface area (Å²) in [5, 5.41) is 2.63. The van der Waals surface area contributed by atoms with Crippen LogP contribution in [0.1, 0.15) is 11.1 Å². The summed E-state index contributed by atoms with van der Waals surface area (Å²) < 4.78 is 10.3. The molecule has 0 aliphatic rings. The molecule has 0 radical (unpaired) electrons. The molecule has 0 saturated heterocycles. The zero-order valence-electron chi connectivity index (χ0n) is 13.2. The fourth-order valence-corrected chi connectivity index (χ4v) is 2.06. The van der Waals surface area contributed by atoms with E-state index >= 15 is 0 Å². The summed E-state index contributed by atoms with van der Waals surface area (Å²) >= 11 is 0. The van der Waals surface area contributed by atoms with Crippen LogP contribution in [0.2, 0.25) is 0 Å². The third-order valence-corrected chi connectivity index (χ3v) is 2.97. The van der Waals surface area contributed by atoms with E-state index in [1.165, 1.54) is 0 Å². The second-order valence-electron chi connectivity index (χ2n) is 5.19. The van der Waals surface area contributed by atoms with Gasteiger partial charge in [0.2, 0.25) is 0 Å². The monoisotopic (exact) mass is 313 g/mol. The fraction of sp³-hybridized carbons (Fsp3) is 0.222. The molecule has 0 aromatic heterocycles. The average Bonchev–Trinajstić information content (AvgIpc) is 2.51. The molecule has 2 aromatic carbocycles. The highest BCUT2D eigenvalue weighted by Gasteiger charge is 2.09. The smallest absolute Gasteiger partial charge is 0.344 e. The quantitative estimate of drug-likeness (QED) is 0.833. The van der Waals surface area contributed by atoms with Crippen LogP contribution in [0.5, 0.6) is 5.75 Å². The lowest BCUT2D eigenvalue weighted by atomic mass is 10.1. The number of ether oxygens (including phenoxy) is 2. The van der Waals surface area contributed by atoms with E-state index in [-0.39, 0.29) is 13.2 Å². The molecule has 5 heteroatoms. The predicted molar refractivity (Wildman–Crippen MR) is 87.4 cm³/mol. The number of nitrogens with one attached hydrogen (secondary N) is 1. The van der Waals surface area contributed by atoms with Gasteiger partial charge in [-0.05, 0) is 49.2 Å². The molecule has 1 N–H and O–H groups in total. The Morgan fingerprint density at radius 1 is 0.957 bits per heavy atom. The molecule has 0 unspecified atom stereocenters. The summed E-state index contributed by atoms with van der Waals surface area (Å²) in [6, 6.07) is 14.6. The Morgan fingerprint density at radius 3 is 2.26 bits per heavy atom. The van der Waals surface area contributed by atoms with Crippen LogP contribution >= 0.6 is 0 Å². The second-order valence-corrected chi connectivity index (χ2v) is 5.19. The molecule has 0 bridgehead atoms. The normalized spacial score (nSPS) is 10.0. The predicted octanol–water partition coefficient (Wildman–Crippen LogP) is 2.86. The minimum Gasteiger partial charge on any atom is -0.482 e. The standard InChI is InChI=1S/C18H19NO4/c1-13-8-14(2)10-16(9-13)22-12-18(21)23-11-17(20)19-15-6-4-3-5-7-15/h3-10H,11-12H2,1-2H3,(H,19,20). The molecule has 1 amide bonds. The van der Waals surface area contributed by atoms with Crippen molar-refractivity contribution in [1.29, 1.82) is 0 Å². The molecule has 0 aliphatic carbocycles. The Bertz CT molecular complexity index is 662. The van der Waals surface area contributed by atoms with E-state index in [9.17, 15) is 9.59 Å². The van der Waals surface area contributed by atoms with Crippen LogP contribution in [0.3, 0.4) is 0 Å². The molecular formula is C18H19NO4. The van der Waals surface area contributed by atoms with Gasteiger partial charge in [-0.3, -0.25) is 4.79 Å². The largest absolute Gasteiger partial charge is 0.482 e. The number of carbonyl (C=O) groups excluding carboxylic acids is 2.